The van der Waals surface area contributed by atoms with Gasteiger partial charge in [-0.05, 0) is 38.0 Å². The van der Waals surface area contributed by atoms with Crippen LogP contribution in [0.15, 0.2) is 0 Å². The van der Waals surface area contributed by atoms with Gasteiger partial charge in [0, 0.05) is 25.0 Å². The van der Waals surface area contributed by atoms with Gasteiger partial charge in [-0.25, -0.2) is 4.72 Å². The molecule has 1 aliphatic carbocycles. The van der Waals surface area contributed by atoms with E-state index in [9.17, 15) is 8.42 Å². The van der Waals surface area contributed by atoms with Gasteiger partial charge in [-0.15, -0.1) is 11.6 Å². The highest BCUT2D eigenvalue weighted by Gasteiger charge is 2.28. The highest BCUT2D eigenvalue weighted by molar-refractivity contribution is 7.87. The molecule has 6 heteroatoms. The first-order valence-corrected chi connectivity index (χ1v) is 7.84. The zero-order chi connectivity index (χ0) is 11.6. The highest BCUT2D eigenvalue weighted by Crippen LogP contribution is 2.29. The Labute approximate surface area is 103 Å². The Morgan fingerprint density at radius 2 is 1.94 bits per heavy atom. The molecule has 2 atom stereocenters. The molecule has 1 N–H and O–H groups in total. The number of halogens is 1. The molecule has 2 fully saturated rings. The molecule has 0 amide bonds. The van der Waals surface area contributed by atoms with E-state index in [4.69, 9.17) is 11.6 Å². The van der Waals surface area contributed by atoms with E-state index in [-0.39, 0.29) is 5.38 Å². The summed E-state index contributed by atoms with van der Waals surface area (Å²) in [6.07, 6.45) is 4.95. The smallest absolute Gasteiger partial charge is 0.202 e. The van der Waals surface area contributed by atoms with Crippen LogP contribution in [0.25, 0.3) is 0 Å². The molecular weight excluding hydrogens is 248 g/mol. The Hall–Kier alpha value is 0.160. The second-order valence-corrected chi connectivity index (χ2v) is 7.11. The number of alkyl halides is 1. The Kier molecular flexibility index (Phi) is 4.11. The maximum Gasteiger partial charge on any atom is 0.279 e. The molecule has 1 heterocycles. The molecule has 2 unspecified atom stereocenters. The van der Waals surface area contributed by atoms with Crippen LogP contribution in [0.3, 0.4) is 0 Å². The molecule has 0 bridgehead atoms. The Morgan fingerprint density at radius 3 is 2.50 bits per heavy atom. The van der Waals surface area contributed by atoms with E-state index in [1.165, 1.54) is 0 Å². The molecule has 1 saturated heterocycles. The van der Waals surface area contributed by atoms with E-state index in [0.717, 1.165) is 32.1 Å². The summed E-state index contributed by atoms with van der Waals surface area (Å²) < 4.78 is 28.0. The van der Waals surface area contributed by atoms with Gasteiger partial charge in [-0.3, -0.25) is 0 Å². The van der Waals surface area contributed by atoms with Crippen LogP contribution in [0.1, 0.15) is 32.1 Å². The van der Waals surface area contributed by atoms with E-state index in [0.29, 0.717) is 25.6 Å². The van der Waals surface area contributed by atoms with Gasteiger partial charge in [0.25, 0.3) is 10.2 Å². The van der Waals surface area contributed by atoms with Crippen LogP contribution in [0.2, 0.25) is 0 Å². The first kappa shape index (κ1) is 12.6. The van der Waals surface area contributed by atoms with Crippen molar-refractivity contribution in [2.24, 2.45) is 5.92 Å². The van der Waals surface area contributed by atoms with Crippen molar-refractivity contribution in [2.75, 3.05) is 19.6 Å². The molecule has 2 aliphatic rings. The first-order valence-electron chi connectivity index (χ1n) is 5.97. The fourth-order valence-corrected chi connectivity index (χ4v) is 4.19. The standard InChI is InChI=1S/C10H19ClN2O2S/c11-10-4-3-9(7-10)8-12-16(14,15)13-5-1-2-6-13/h9-10,12H,1-8H2. The van der Waals surface area contributed by atoms with Gasteiger partial charge in [-0.2, -0.15) is 12.7 Å². The van der Waals surface area contributed by atoms with Gasteiger partial charge < -0.3 is 0 Å². The summed E-state index contributed by atoms with van der Waals surface area (Å²) >= 11 is 6.00. The van der Waals surface area contributed by atoms with Crippen LogP contribution in [0.5, 0.6) is 0 Å². The van der Waals surface area contributed by atoms with Gasteiger partial charge in [0.15, 0.2) is 0 Å². The molecule has 0 aromatic rings. The predicted molar refractivity (Wildman–Crippen MR) is 64.7 cm³/mol. The largest absolute Gasteiger partial charge is 0.279 e. The molecule has 16 heavy (non-hydrogen) atoms. The lowest BCUT2D eigenvalue weighted by Crippen LogP contribution is -2.40. The molecule has 1 aliphatic heterocycles. The second kappa shape index (κ2) is 5.21. The summed E-state index contributed by atoms with van der Waals surface area (Å²) in [5, 5.41) is 0.237. The molecule has 0 aromatic heterocycles. The van der Waals surface area contributed by atoms with E-state index in [1.807, 2.05) is 0 Å². The van der Waals surface area contributed by atoms with Crippen molar-refractivity contribution in [3.05, 3.63) is 0 Å². The lowest BCUT2D eigenvalue weighted by molar-refractivity contribution is 0.450. The third-order valence-electron chi connectivity index (χ3n) is 3.44. The van der Waals surface area contributed by atoms with Gasteiger partial charge in [-0.1, -0.05) is 0 Å². The number of hydrogen-bond acceptors (Lipinski definition) is 2. The minimum atomic E-state index is -3.22. The van der Waals surface area contributed by atoms with Crippen molar-refractivity contribution >= 4 is 21.8 Å². The van der Waals surface area contributed by atoms with Crippen LogP contribution in [0, 0.1) is 5.92 Å². The lowest BCUT2D eigenvalue weighted by atomic mass is 10.1. The van der Waals surface area contributed by atoms with Crippen molar-refractivity contribution in [1.29, 1.82) is 0 Å². The van der Waals surface area contributed by atoms with Gasteiger partial charge in [0.2, 0.25) is 0 Å². The van der Waals surface area contributed by atoms with Crippen molar-refractivity contribution < 1.29 is 8.42 Å². The average molecular weight is 267 g/mol. The average Bonchev–Trinajstić information content (AvgIpc) is 2.85. The maximum absolute atomic E-state index is 11.9. The molecule has 94 valence electrons. The lowest BCUT2D eigenvalue weighted by Gasteiger charge is -2.18. The number of rotatable bonds is 4. The summed E-state index contributed by atoms with van der Waals surface area (Å²) in [6.45, 7) is 1.87. The Morgan fingerprint density at radius 1 is 1.25 bits per heavy atom. The minimum absolute atomic E-state index is 0.237. The van der Waals surface area contributed by atoms with Crippen LogP contribution in [-0.4, -0.2) is 37.7 Å². The maximum atomic E-state index is 11.9. The third-order valence-corrected chi connectivity index (χ3v) is 5.41. The third kappa shape index (κ3) is 3.09. The van der Waals surface area contributed by atoms with Crippen LogP contribution < -0.4 is 4.72 Å². The first-order chi connectivity index (χ1) is 7.58. The zero-order valence-electron chi connectivity index (χ0n) is 9.36. The molecule has 1 saturated carbocycles. The molecule has 4 nitrogen and oxygen atoms in total. The summed E-state index contributed by atoms with van der Waals surface area (Å²) in [7, 11) is -3.22. The normalized spacial score (nSPS) is 32.3. The Balaban J connectivity index is 1.80. The van der Waals surface area contributed by atoms with Gasteiger partial charge >= 0.3 is 0 Å². The van der Waals surface area contributed by atoms with E-state index < -0.39 is 10.2 Å². The fraction of sp³-hybridized carbons (Fsp3) is 1.00. The zero-order valence-corrected chi connectivity index (χ0v) is 10.9. The quantitative estimate of drug-likeness (QED) is 0.781. The highest BCUT2D eigenvalue weighted by atomic mass is 35.5. The SMILES string of the molecule is O=S(=O)(NCC1CCC(Cl)C1)N1CCCC1. The van der Waals surface area contributed by atoms with Crippen molar-refractivity contribution in [1.82, 2.24) is 9.03 Å². The second-order valence-electron chi connectivity index (χ2n) is 4.74. The summed E-state index contributed by atoms with van der Waals surface area (Å²) in [5.41, 5.74) is 0. The minimum Gasteiger partial charge on any atom is -0.202 e. The topological polar surface area (TPSA) is 49.4 Å². The number of nitrogens with one attached hydrogen (secondary N) is 1. The summed E-state index contributed by atoms with van der Waals surface area (Å²) in [4.78, 5) is 0. The van der Waals surface area contributed by atoms with E-state index in [2.05, 4.69) is 4.72 Å². The Bertz CT molecular complexity index is 328. The van der Waals surface area contributed by atoms with Crippen molar-refractivity contribution in [3.63, 3.8) is 0 Å². The van der Waals surface area contributed by atoms with Gasteiger partial charge in [0.1, 0.15) is 0 Å². The summed E-state index contributed by atoms with van der Waals surface area (Å²) in [5.74, 6) is 0.417. The van der Waals surface area contributed by atoms with Crippen molar-refractivity contribution in [3.8, 4) is 0 Å². The van der Waals surface area contributed by atoms with Crippen LogP contribution in [0.4, 0.5) is 0 Å². The van der Waals surface area contributed by atoms with Gasteiger partial charge in [0.05, 0.1) is 0 Å². The monoisotopic (exact) mass is 266 g/mol. The molecular formula is C10H19ClN2O2S. The molecule has 0 spiro atoms. The van der Waals surface area contributed by atoms with E-state index >= 15 is 0 Å². The van der Waals surface area contributed by atoms with E-state index in [1.54, 1.807) is 4.31 Å². The number of nitrogens with zero attached hydrogens (tertiary/aromatic N) is 1. The van der Waals surface area contributed by atoms with Crippen LogP contribution >= 0.6 is 11.6 Å². The number of hydrogen-bond donors (Lipinski definition) is 1. The molecule has 0 aromatic carbocycles. The molecule has 0 radical (unpaired) electrons. The van der Waals surface area contributed by atoms with Crippen LogP contribution in [-0.2, 0) is 10.2 Å². The molecule has 2 rings (SSSR count). The fourth-order valence-electron chi connectivity index (χ4n) is 2.44. The van der Waals surface area contributed by atoms with Crippen molar-refractivity contribution in [2.45, 2.75) is 37.5 Å². The summed E-state index contributed by atoms with van der Waals surface area (Å²) in [6, 6.07) is 0. The predicted octanol–water partition coefficient (Wildman–Crippen LogP) is 1.32.